The summed E-state index contributed by atoms with van der Waals surface area (Å²) in [5.74, 6) is 0.462. The van der Waals surface area contributed by atoms with Crippen LogP contribution in [0.5, 0.6) is 0 Å². The lowest BCUT2D eigenvalue weighted by Crippen LogP contribution is -2.43. The number of nitrogens with zero attached hydrogens (tertiary/aromatic N) is 6. The van der Waals surface area contributed by atoms with Crippen LogP contribution in [-0.2, 0) is 11.3 Å². The number of halogens is 2. The molecule has 0 N–H and O–H groups in total. The number of carbonyl (C=O) groups excluding carboxylic acids is 1. The minimum absolute atomic E-state index is 0.0381. The Kier molecular flexibility index (Phi) is 6.08. The number of piperidine rings is 1. The molecule has 2 aromatic heterocycles. The van der Waals surface area contributed by atoms with Crippen LogP contribution in [0.3, 0.4) is 0 Å². The lowest BCUT2D eigenvalue weighted by atomic mass is 9.95. The zero-order valence-electron chi connectivity index (χ0n) is 16.4. The Labute approximate surface area is 182 Å². The summed E-state index contributed by atoms with van der Waals surface area (Å²) in [6, 6.07) is 8.58. The molecule has 4 rings (SSSR count). The second-order valence-corrected chi connectivity index (χ2v) is 8.25. The molecule has 1 saturated heterocycles. The van der Waals surface area contributed by atoms with Crippen LogP contribution in [0.2, 0.25) is 0 Å². The first kappa shape index (κ1) is 20.5. The van der Waals surface area contributed by atoms with Crippen molar-refractivity contribution in [3.63, 3.8) is 0 Å². The van der Waals surface area contributed by atoms with Gasteiger partial charge in [0.1, 0.15) is 18.0 Å². The van der Waals surface area contributed by atoms with E-state index in [0.717, 1.165) is 36.2 Å². The van der Waals surface area contributed by atoms with E-state index in [0.29, 0.717) is 17.8 Å². The van der Waals surface area contributed by atoms with Crippen LogP contribution in [0.25, 0.3) is 5.65 Å². The van der Waals surface area contributed by atoms with Crippen molar-refractivity contribution in [3.05, 3.63) is 65.2 Å². The van der Waals surface area contributed by atoms with E-state index in [-0.39, 0.29) is 24.2 Å². The molecule has 9 heteroatoms. The SMILES string of the molecule is C=CCN(Cc1cc(Br)ccc1F)C(=O)C1CCN(c2ccc3nncn3n2)CC1. The van der Waals surface area contributed by atoms with Crippen LogP contribution >= 0.6 is 15.9 Å². The van der Waals surface area contributed by atoms with Crippen molar-refractivity contribution in [1.29, 1.82) is 0 Å². The third kappa shape index (κ3) is 4.35. The van der Waals surface area contributed by atoms with Crippen molar-refractivity contribution < 1.29 is 9.18 Å². The second kappa shape index (κ2) is 8.91. The predicted molar refractivity (Wildman–Crippen MR) is 115 cm³/mol. The van der Waals surface area contributed by atoms with E-state index in [1.807, 2.05) is 12.1 Å². The van der Waals surface area contributed by atoms with Gasteiger partial charge < -0.3 is 9.80 Å². The van der Waals surface area contributed by atoms with E-state index >= 15 is 0 Å². The summed E-state index contributed by atoms with van der Waals surface area (Å²) in [7, 11) is 0. The van der Waals surface area contributed by atoms with Crippen LogP contribution in [0.15, 0.2) is 53.8 Å². The highest BCUT2D eigenvalue weighted by Gasteiger charge is 2.29. The normalized spacial score (nSPS) is 14.8. The molecule has 0 saturated carbocycles. The minimum Gasteiger partial charge on any atom is -0.355 e. The molecule has 1 amide bonds. The van der Waals surface area contributed by atoms with Crippen molar-refractivity contribution in [2.45, 2.75) is 19.4 Å². The number of aromatic nitrogens is 4. The summed E-state index contributed by atoms with van der Waals surface area (Å²) >= 11 is 3.37. The first-order chi connectivity index (χ1) is 14.5. The Hall–Kier alpha value is -2.81. The number of amides is 1. The van der Waals surface area contributed by atoms with Gasteiger partial charge in [0.25, 0.3) is 0 Å². The number of rotatable bonds is 6. The van der Waals surface area contributed by atoms with Gasteiger partial charge in [-0.1, -0.05) is 22.0 Å². The summed E-state index contributed by atoms with van der Waals surface area (Å²) in [5, 5.41) is 12.3. The highest BCUT2D eigenvalue weighted by Crippen LogP contribution is 2.25. The summed E-state index contributed by atoms with van der Waals surface area (Å²) < 4.78 is 16.6. The number of carbonyl (C=O) groups is 1. The number of anilines is 1. The van der Waals surface area contributed by atoms with Crippen LogP contribution in [-0.4, -0.2) is 50.3 Å². The molecule has 0 bridgehead atoms. The number of benzene rings is 1. The molecule has 3 heterocycles. The highest BCUT2D eigenvalue weighted by molar-refractivity contribution is 9.10. The topological polar surface area (TPSA) is 66.6 Å². The fourth-order valence-electron chi connectivity index (χ4n) is 3.76. The highest BCUT2D eigenvalue weighted by atomic mass is 79.9. The van der Waals surface area contributed by atoms with E-state index in [1.165, 1.54) is 6.07 Å². The van der Waals surface area contributed by atoms with E-state index in [1.54, 1.807) is 34.0 Å². The number of hydrogen-bond acceptors (Lipinski definition) is 5. The van der Waals surface area contributed by atoms with Crippen LogP contribution in [0, 0.1) is 11.7 Å². The number of hydrogen-bond donors (Lipinski definition) is 0. The molecule has 0 spiro atoms. The molecule has 30 heavy (non-hydrogen) atoms. The Balaban J connectivity index is 1.42. The molecule has 1 aliphatic rings. The Morgan fingerprint density at radius 1 is 1.30 bits per heavy atom. The molecule has 7 nitrogen and oxygen atoms in total. The van der Waals surface area contributed by atoms with E-state index in [4.69, 9.17) is 0 Å². The standard InChI is InChI=1S/C21H22BrFN6O/c1-2-9-28(13-16-12-17(22)3-4-18(16)23)21(30)15-7-10-27(11-8-15)20-6-5-19-25-24-14-29(19)26-20/h2-6,12,14-15H,1,7-11,13H2. The quantitative estimate of drug-likeness (QED) is 0.514. The molecular formula is C21H22BrFN6O. The number of fused-ring (bicyclic) bond motifs is 1. The second-order valence-electron chi connectivity index (χ2n) is 7.33. The van der Waals surface area contributed by atoms with Gasteiger partial charge in [-0.3, -0.25) is 4.79 Å². The predicted octanol–water partition coefficient (Wildman–Crippen LogP) is 3.46. The Bertz CT molecular complexity index is 1060. The first-order valence-electron chi connectivity index (χ1n) is 9.81. The minimum atomic E-state index is -0.315. The fraction of sp³-hybridized carbons (Fsp3) is 0.333. The van der Waals surface area contributed by atoms with Crippen LogP contribution < -0.4 is 4.90 Å². The van der Waals surface area contributed by atoms with E-state index < -0.39 is 0 Å². The fourth-order valence-corrected chi connectivity index (χ4v) is 4.17. The Morgan fingerprint density at radius 3 is 2.87 bits per heavy atom. The van der Waals surface area contributed by atoms with Crippen molar-refractivity contribution in [1.82, 2.24) is 24.7 Å². The van der Waals surface area contributed by atoms with Gasteiger partial charge in [0.15, 0.2) is 5.65 Å². The molecule has 0 atom stereocenters. The smallest absolute Gasteiger partial charge is 0.226 e. The largest absolute Gasteiger partial charge is 0.355 e. The molecule has 0 aliphatic carbocycles. The monoisotopic (exact) mass is 472 g/mol. The summed E-state index contributed by atoms with van der Waals surface area (Å²) in [6.07, 6.45) is 4.69. The zero-order valence-corrected chi connectivity index (χ0v) is 18.0. The van der Waals surface area contributed by atoms with Crippen LogP contribution in [0.1, 0.15) is 18.4 Å². The maximum absolute atomic E-state index is 14.2. The molecule has 1 fully saturated rings. The molecule has 1 aliphatic heterocycles. The average Bonchev–Trinajstić information content (AvgIpc) is 3.23. The van der Waals surface area contributed by atoms with Gasteiger partial charge in [0, 0.05) is 42.1 Å². The van der Waals surface area contributed by atoms with Gasteiger partial charge in [-0.05, 0) is 43.2 Å². The summed E-state index contributed by atoms with van der Waals surface area (Å²) in [5.41, 5.74) is 1.19. The summed E-state index contributed by atoms with van der Waals surface area (Å²) in [6.45, 7) is 5.82. The van der Waals surface area contributed by atoms with Gasteiger partial charge in [-0.2, -0.15) is 4.52 Å². The van der Waals surface area contributed by atoms with Crippen molar-refractivity contribution in [3.8, 4) is 0 Å². The van der Waals surface area contributed by atoms with E-state index in [9.17, 15) is 9.18 Å². The molecule has 0 unspecified atom stereocenters. The lowest BCUT2D eigenvalue weighted by molar-refractivity contribution is -0.136. The molecule has 156 valence electrons. The molecular weight excluding hydrogens is 451 g/mol. The molecule has 1 aromatic carbocycles. The van der Waals surface area contributed by atoms with E-state index in [2.05, 4.69) is 42.7 Å². The van der Waals surface area contributed by atoms with Gasteiger partial charge in [-0.25, -0.2) is 4.39 Å². The van der Waals surface area contributed by atoms with Crippen molar-refractivity contribution >= 4 is 33.3 Å². The summed E-state index contributed by atoms with van der Waals surface area (Å²) in [4.78, 5) is 17.0. The van der Waals surface area contributed by atoms with Gasteiger partial charge in [0.2, 0.25) is 5.91 Å². The third-order valence-electron chi connectivity index (χ3n) is 5.35. The molecule has 0 radical (unpaired) electrons. The maximum atomic E-state index is 14.2. The van der Waals surface area contributed by atoms with Crippen molar-refractivity contribution in [2.75, 3.05) is 24.5 Å². The van der Waals surface area contributed by atoms with Crippen molar-refractivity contribution in [2.24, 2.45) is 5.92 Å². The zero-order chi connectivity index (χ0) is 21.1. The lowest BCUT2D eigenvalue weighted by Gasteiger charge is -2.34. The maximum Gasteiger partial charge on any atom is 0.226 e. The van der Waals surface area contributed by atoms with Crippen LogP contribution in [0.4, 0.5) is 10.2 Å². The van der Waals surface area contributed by atoms with Gasteiger partial charge in [-0.15, -0.1) is 21.9 Å². The van der Waals surface area contributed by atoms with Gasteiger partial charge >= 0.3 is 0 Å². The van der Waals surface area contributed by atoms with Gasteiger partial charge in [0.05, 0.1) is 0 Å². The average molecular weight is 473 g/mol. The first-order valence-corrected chi connectivity index (χ1v) is 10.6. The molecule has 3 aromatic rings. The Morgan fingerprint density at radius 2 is 2.10 bits per heavy atom. The third-order valence-corrected chi connectivity index (χ3v) is 5.84.